The normalized spacial score (nSPS) is 16.1. The molecular formula is C13H16N6O2. The Balaban J connectivity index is 1.56. The van der Waals surface area contributed by atoms with Gasteiger partial charge in [0.15, 0.2) is 0 Å². The third kappa shape index (κ3) is 3.15. The molecule has 110 valence electrons. The molecule has 0 spiro atoms. The summed E-state index contributed by atoms with van der Waals surface area (Å²) in [7, 11) is 0. The standard InChI is InChI=1S/C13H16N6O2/c20-19(21)12-1-2-13(14-9-12)17-6-3-11(4-7-17)10-18-8-5-15-16-18/h1-2,5,8-9,11H,3-4,6-7,10H2. The van der Waals surface area contributed by atoms with Gasteiger partial charge in [0.25, 0.3) is 5.69 Å². The third-order valence-electron chi connectivity index (χ3n) is 3.80. The molecule has 3 rings (SSSR count). The Morgan fingerprint density at radius 1 is 1.33 bits per heavy atom. The first kappa shape index (κ1) is 13.5. The lowest BCUT2D eigenvalue weighted by molar-refractivity contribution is -0.385. The molecule has 0 saturated carbocycles. The number of anilines is 1. The fraction of sp³-hybridized carbons (Fsp3) is 0.462. The summed E-state index contributed by atoms with van der Waals surface area (Å²) in [6.07, 6.45) is 6.99. The second-order valence-electron chi connectivity index (χ2n) is 5.19. The van der Waals surface area contributed by atoms with E-state index in [1.54, 1.807) is 12.3 Å². The van der Waals surface area contributed by atoms with Crippen LogP contribution in [-0.4, -0.2) is 38.0 Å². The van der Waals surface area contributed by atoms with E-state index in [0.717, 1.165) is 38.3 Å². The smallest absolute Gasteiger partial charge is 0.287 e. The number of piperidine rings is 1. The van der Waals surface area contributed by atoms with E-state index >= 15 is 0 Å². The van der Waals surface area contributed by atoms with Gasteiger partial charge < -0.3 is 4.90 Å². The summed E-state index contributed by atoms with van der Waals surface area (Å²) in [6.45, 7) is 2.70. The van der Waals surface area contributed by atoms with Gasteiger partial charge in [0.1, 0.15) is 12.0 Å². The topological polar surface area (TPSA) is 90.0 Å². The van der Waals surface area contributed by atoms with Crippen molar-refractivity contribution in [3.63, 3.8) is 0 Å². The minimum atomic E-state index is -0.429. The van der Waals surface area contributed by atoms with Crippen LogP contribution in [0.15, 0.2) is 30.7 Å². The molecule has 0 radical (unpaired) electrons. The summed E-state index contributed by atoms with van der Waals surface area (Å²) in [5, 5.41) is 18.4. The molecule has 8 heteroatoms. The zero-order valence-corrected chi connectivity index (χ0v) is 11.5. The van der Waals surface area contributed by atoms with Gasteiger partial charge in [-0.15, -0.1) is 5.10 Å². The summed E-state index contributed by atoms with van der Waals surface area (Å²) in [5.74, 6) is 1.39. The van der Waals surface area contributed by atoms with Crippen LogP contribution in [0.5, 0.6) is 0 Å². The van der Waals surface area contributed by atoms with E-state index in [0.29, 0.717) is 5.92 Å². The van der Waals surface area contributed by atoms with Gasteiger partial charge in [0, 0.05) is 31.9 Å². The maximum absolute atomic E-state index is 10.6. The highest BCUT2D eigenvalue weighted by atomic mass is 16.6. The van der Waals surface area contributed by atoms with Gasteiger partial charge in [-0.1, -0.05) is 5.21 Å². The summed E-state index contributed by atoms with van der Waals surface area (Å²) < 4.78 is 1.87. The molecule has 0 unspecified atom stereocenters. The van der Waals surface area contributed by atoms with E-state index in [1.165, 1.54) is 12.3 Å². The van der Waals surface area contributed by atoms with Crippen molar-refractivity contribution in [2.45, 2.75) is 19.4 Å². The van der Waals surface area contributed by atoms with Crippen molar-refractivity contribution < 1.29 is 4.92 Å². The van der Waals surface area contributed by atoms with E-state index in [9.17, 15) is 10.1 Å². The number of nitro groups is 1. The van der Waals surface area contributed by atoms with Crippen molar-refractivity contribution in [2.75, 3.05) is 18.0 Å². The maximum atomic E-state index is 10.6. The highest BCUT2D eigenvalue weighted by Gasteiger charge is 2.21. The summed E-state index contributed by atoms with van der Waals surface area (Å²) in [6, 6.07) is 3.22. The first-order chi connectivity index (χ1) is 10.2. The van der Waals surface area contributed by atoms with E-state index in [-0.39, 0.29) is 5.69 Å². The zero-order chi connectivity index (χ0) is 14.7. The Morgan fingerprint density at radius 2 is 2.14 bits per heavy atom. The number of rotatable bonds is 4. The van der Waals surface area contributed by atoms with Gasteiger partial charge in [-0.25, -0.2) is 4.98 Å². The van der Waals surface area contributed by atoms with Gasteiger partial charge in [-0.2, -0.15) is 0 Å². The van der Waals surface area contributed by atoms with E-state index in [1.807, 2.05) is 10.9 Å². The number of pyridine rings is 1. The van der Waals surface area contributed by atoms with Gasteiger partial charge in [-0.05, 0) is 24.8 Å². The van der Waals surface area contributed by atoms with Gasteiger partial charge in [0.05, 0.1) is 11.1 Å². The zero-order valence-electron chi connectivity index (χ0n) is 11.5. The molecule has 0 N–H and O–H groups in total. The van der Waals surface area contributed by atoms with E-state index in [4.69, 9.17) is 0 Å². The van der Waals surface area contributed by atoms with Crippen molar-refractivity contribution in [2.24, 2.45) is 5.92 Å². The van der Waals surface area contributed by atoms with Crippen LogP contribution in [0.4, 0.5) is 11.5 Å². The van der Waals surface area contributed by atoms with Crippen LogP contribution in [0.25, 0.3) is 0 Å². The average molecular weight is 288 g/mol. The molecule has 0 aliphatic carbocycles. The number of nitrogens with zero attached hydrogens (tertiary/aromatic N) is 6. The van der Waals surface area contributed by atoms with Crippen LogP contribution >= 0.6 is 0 Å². The first-order valence-electron chi connectivity index (χ1n) is 6.92. The summed E-state index contributed by atoms with van der Waals surface area (Å²) >= 11 is 0. The van der Waals surface area contributed by atoms with Gasteiger partial charge in [-0.3, -0.25) is 14.8 Å². The van der Waals surface area contributed by atoms with Crippen molar-refractivity contribution in [3.8, 4) is 0 Å². The van der Waals surface area contributed by atoms with E-state index in [2.05, 4.69) is 20.2 Å². The molecule has 0 aromatic carbocycles. The Bertz CT molecular complexity index is 590. The lowest BCUT2D eigenvalue weighted by atomic mass is 9.97. The number of hydrogen-bond donors (Lipinski definition) is 0. The molecule has 1 fully saturated rings. The fourth-order valence-corrected chi connectivity index (χ4v) is 2.61. The molecule has 2 aromatic rings. The average Bonchev–Trinajstić information content (AvgIpc) is 3.01. The maximum Gasteiger partial charge on any atom is 0.287 e. The second kappa shape index (κ2) is 5.86. The van der Waals surface area contributed by atoms with Crippen molar-refractivity contribution in [3.05, 3.63) is 40.8 Å². The predicted octanol–water partition coefficient (Wildman–Crippen LogP) is 1.50. The van der Waals surface area contributed by atoms with Crippen LogP contribution in [0.3, 0.4) is 0 Å². The molecule has 21 heavy (non-hydrogen) atoms. The van der Waals surface area contributed by atoms with Crippen LogP contribution in [0.1, 0.15) is 12.8 Å². The van der Waals surface area contributed by atoms with Crippen LogP contribution in [-0.2, 0) is 6.54 Å². The molecular weight excluding hydrogens is 272 g/mol. The van der Waals surface area contributed by atoms with Crippen molar-refractivity contribution >= 4 is 11.5 Å². The third-order valence-corrected chi connectivity index (χ3v) is 3.80. The highest BCUT2D eigenvalue weighted by molar-refractivity contribution is 5.43. The SMILES string of the molecule is O=[N+]([O-])c1ccc(N2CCC(Cn3ccnn3)CC2)nc1. The Labute approximate surface area is 121 Å². The van der Waals surface area contributed by atoms with E-state index < -0.39 is 4.92 Å². The van der Waals surface area contributed by atoms with Gasteiger partial charge in [0.2, 0.25) is 0 Å². The minimum absolute atomic E-state index is 0.0276. The Hall–Kier alpha value is -2.51. The Morgan fingerprint density at radius 3 is 2.71 bits per heavy atom. The van der Waals surface area contributed by atoms with Gasteiger partial charge >= 0.3 is 0 Å². The first-order valence-corrected chi connectivity index (χ1v) is 6.92. The molecule has 3 heterocycles. The number of aromatic nitrogens is 4. The van der Waals surface area contributed by atoms with Crippen molar-refractivity contribution in [1.29, 1.82) is 0 Å². The van der Waals surface area contributed by atoms with Crippen LogP contribution in [0.2, 0.25) is 0 Å². The predicted molar refractivity (Wildman–Crippen MR) is 75.9 cm³/mol. The lowest BCUT2D eigenvalue weighted by Gasteiger charge is -2.32. The lowest BCUT2D eigenvalue weighted by Crippen LogP contribution is -2.35. The quantitative estimate of drug-likeness (QED) is 0.625. The number of hydrogen-bond acceptors (Lipinski definition) is 6. The monoisotopic (exact) mass is 288 g/mol. The summed E-state index contributed by atoms with van der Waals surface area (Å²) in [5.41, 5.74) is 0.0276. The van der Waals surface area contributed by atoms with Crippen LogP contribution in [0, 0.1) is 16.0 Å². The Kier molecular flexibility index (Phi) is 3.76. The molecule has 8 nitrogen and oxygen atoms in total. The molecule has 1 aliphatic rings. The molecule has 1 saturated heterocycles. The fourth-order valence-electron chi connectivity index (χ4n) is 2.61. The largest absolute Gasteiger partial charge is 0.357 e. The second-order valence-corrected chi connectivity index (χ2v) is 5.19. The molecule has 0 bridgehead atoms. The summed E-state index contributed by atoms with van der Waals surface area (Å²) in [4.78, 5) is 16.5. The highest BCUT2D eigenvalue weighted by Crippen LogP contribution is 2.23. The molecule has 0 atom stereocenters. The van der Waals surface area contributed by atoms with Crippen LogP contribution < -0.4 is 4.90 Å². The molecule has 1 aliphatic heterocycles. The minimum Gasteiger partial charge on any atom is -0.357 e. The molecule has 2 aromatic heterocycles. The van der Waals surface area contributed by atoms with Crippen molar-refractivity contribution in [1.82, 2.24) is 20.0 Å². The molecule has 0 amide bonds.